The second-order valence-corrected chi connectivity index (χ2v) is 9.22. The minimum Gasteiger partial charge on any atom is -0.496 e. The molecule has 1 fully saturated rings. The Morgan fingerprint density at radius 2 is 2.10 bits per heavy atom. The predicted molar refractivity (Wildman–Crippen MR) is 121 cm³/mol. The molecule has 0 unspecified atom stereocenters. The number of amides is 1. The second-order valence-electron chi connectivity index (χ2n) is 8.26. The molecule has 1 aliphatic carbocycles. The molecule has 31 heavy (non-hydrogen) atoms. The Kier molecular flexibility index (Phi) is 7.29. The van der Waals surface area contributed by atoms with E-state index in [9.17, 15) is 9.59 Å². The molecule has 0 saturated heterocycles. The van der Waals surface area contributed by atoms with Gasteiger partial charge in [0.15, 0.2) is 5.16 Å². The van der Waals surface area contributed by atoms with Crippen molar-refractivity contribution in [1.29, 1.82) is 0 Å². The van der Waals surface area contributed by atoms with Gasteiger partial charge in [-0.3, -0.25) is 14.5 Å². The van der Waals surface area contributed by atoms with E-state index >= 15 is 0 Å². The number of aromatic nitrogens is 2. The first kappa shape index (κ1) is 21.9. The van der Waals surface area contributed by atoms with Crippen LogP contribution in [0.25, 0.3) is 0 Å². The normalized spacial score (nSPS) is 17.2. The van der Waals surface area contributed by atoms with Gasteiger partial charge in [-0.2, -0.15) is 0 Å². The molecule has 0 bridgehead atoms. The summed E-state index contributed by atoms with van der Waals surface area (Å²) in [5.74, 6) is 1.15. The molecule has 2 N–H and O–H groups in total. The number of H-pyrrole nitrogens is 1. The lowest BCUT2D eigenvalue weighted by Gasteiger charge is -2.28. The van der Waals surface area contributed by atoms with E-state index in [2.05, 4.69) is 26.3 Å². The molecular weight excluding hydrogens is 412 g/mol. The van der Waals surface area contributed by atoms with Crippen molar-refractivity contribution >= 4 is 17.7 Å². The Morgan fingerprint density at radius 1 is 1.29 bits per heavy atom. The first-order chi connectivity index (χ1) is 15.1. The maximum Gasteiger partial charge on any atom is 0.256 e. The molecular formula is C23H30N4O3S. The zero-order chi connectivity index (χ0) is 21.6. The summed E-state index contributed by atoms with van der Waals surface area (Å²) in [6, 6.07) is 8.26. The Labute approximate surface area is 187 Å². The summed E-state index contributed by atoms with van der Waals surface area (Å²) in [6.07, 6.45) is 6.48. The number of methoxy groups -OCH3 is 1. The van der Waals surface area contributed by atoms with E-state index < -0.39 is 0 Å². The number of rotatable bonds is 7. The summed E-state index contributed by atoms with van der Waals surface area (Å²) >= 11 is 1.30. The van der Waals surface area contributed by atoms with Gasteiger partial charge in [0, 0.05) is 37.7 Å². The quantitative estimate of drug-likeness (QED) is 0.507. The number of nitrogens with zero attached hydrogens (tertiary/aromatic N) is 2. The van der Waals surface area contributed by atoms with Crippen molar-refractivity contribution in [2.75, 3.05) is 19.4 Å². The van der Waals surface area contributed by atoms with Crippen molar-refractivity contribution in [2.24, 2.45) is 0 Å². The van der Waals surface area contributed by atoms with Crippen LogP contribution in [0.1, 0.15) is 48.9 Å². The zero-order valence-electron chi connectivity index (χ0n) is 18.0. The number of thioether (sulfide) groups is 1. The fourth-order valence-electron chi connectivity index (χ4n) is 4.39. The van der Waals surface area contributed by atoms with Crippen LogP contribution < -0.4 is 15.6 Å². The number of carbonyl (C=O) groups excluding carboxylic acids is 1. The molecule has 2 aromatic rings. The third-order valence-corrected chi connectivity index (χ3v) is 6.90. The molecule has 1 amide bonds. The van der Waals surface area contributed by atoms with E-state index in [4.69, 9.17) is 4.74 Å². The largest absolute Gasteiger partial charge is 0.496 e. The molecule has 1 aromatic heterocycles. The summed E-state index contributed by atoms with van der Waals surface area (Å²) in [7, 11) is 1.67. The van der Waals surface area contributed by atoms with E-state index in [0.717, 1.165) is 54.9 Å². The van der Waals surface area contributed by atoms with Crippen molar-refractivity contribution in [3.8, 4) is 5.75 Å². The van der Waals surface area contributed by atoms with Gasteiger partial charge in [0.25, 0.3) is 5.56 Å². The molecule has 1 aliphatic heterocycles. The Balaban J connectivity index is 1.35. The number of aromatic amines is 1. The van der Waals surface area contributed by atoms with Gasteiger partial charge in [0.2, 0.25) is 5.91 Å². The van der Waals surface area contributed by atoms with Crippen LogP contribution >= 0.6 is 11.8 Å². The monoisotopic (exact) mass is 442 g/mol. The summed E-state index contributed by atoms with van der Waals surface area (Å²) in [4.78, 5) is 34.7. The second kappa shape index (κ2) is 10.3. The molecule has 0 atom stereocenters. The highest BCUT2D eigenvalue weighted by Gasteiger charge is 2.22. The van der Waals surface area contributed by atoms with Crippen LogP contribution in [0, 0.1) is 0 Å². The average Bonchev–Trinajstić information content (AvgIpc) is 2.79. The standard InChI is InChI=1S/C23H30N4O3S/c1-30-20-10-6-5-7-16(20)13-27-12-11-19-18(14-27)22(29)26-23(25-19)31-15-21(28)24-17-8-3-2-4-9-17/h5-7,10,17H,2-4,8-9,11-15H2,1H3,(H,24,28)(H,25,26,29). The highest BCUT2D eigenvalue weighted by atomic mass is 32.2. The molecule has 8 heteroatoms. The average molecular weight is 443 g/mol. The van der Waals surface area contributed by atoms with Gasteiger partial charge in [0.1, 0.15) is 5.75 Å². The lowest BCUT2D eigenvalue weighted by molar-refractivity contribution is -0.119. The van der Waals surface area contributed by atoms with Crippen molar-refractivity contribution in [1.82, 2.24) is 20.2 Å². The van der Waals surface area contributed by atoms with Gasteiger partial charge in [0.05, 0.1) is 24.1 Å². The SMILES string of the molecule is COc1ccccc1CN1CCc2nc(SCC(=O)NC3CCCCC3)[nH]c(=O)c2C1. The van der Waals surface area contributed by atoms with Gasteiger partial charge in [-0.25, -0.2) is 4.98 Å². The lowest BCUT2D eigenvalue weighted by atomic mass is 9.95. The fraction of sp³-hybridized carbons (Fsp3) is 0.522. The number of fused-ring (bicyclic) bond motifs is 1. The topological polar surface area (TPSA) is 87.3 Å². The zero-order valence-corrected chi connectivity index (χ0v) is 18.8. The minimum absolute atomic E-state index is 0.0141. The minimum atomic E-state index is -0.107. The number of nitrogens with one attached hydrogen (secondary N) is 2. The van der Waals surface area contributed by atoms with E-state index in [1.54, 1.807) is 7.11 Å². The van der Waals surface area contributed by atoms with Crippen LogP contribution in [0.5, 0.6) is 5.75 Å². The lowest BCUT2D eigenvalue weighted by Crippen LogP contribution is -2.37. The third kappa shape index (κ3) is 5.68. The number of carbonyl (C=O) groups is 1. The number of hydrogen-bond acceptors (Lipinski definition) is 6. The van der Waals surface area contributed by atoms with Gasteiger partial charge < -0.3 is 15.0 Å². The molecule has 2 heterocycles. The number of benzene rings is 1. The Bertz CT molecular complexity index is 972. The van der Waals surface area contributed by atoms with Gasteiger partial charge >= 0.3 is 0 Å². The fourth-order valence-corrected chi connectivity index (χ4v) is 5.08. The van der Waals surface area contributed by atoms with Gasteiger partial charge in [-0.15, -0.1) is 0 Å². The smallest absolute Gasteiger partial charge is 0.256 e. The molecule has 1 aromatic carbocycles. The first-order valence-electron chi connectivity index (χ1n) is 11.0. The third-order valence-electron chi connectivity index (χ3n) is 6.02. The van der Waals surface area contributed by atoms with Crippen molar-refractivity contribution in [3.05, 3.63) is 51.4 Å². The van der Waals surface area contributed by atoms with E-state index in [0.29, 0.717) is 17.7 Å². The van der Waals surface area contributed by atoms with Crippen LogP contribution in [-0.2, 0) is 24.3 Å². The van der Waals surface area contributed by atoms with Crippen LogP contribution in [0.3, 0.4) is 0 Å². The number of ether oxygens (including phenoxy) is 1. The summed E-state index contributed by atoms with van der Waals surface area (Å²) in [6.45, 7) is 2.11. The van der Waals surface area contributed by atoms with Crippen molar-refractivity contribution in [3.63, 3.8) is 0 Å². The Morgan fingerprint density at radius 3 is 2.90 bits per heavy atom. The molecule has 4 rings (SSSR count). The van der Waals surface area contributed by atoms with Crippen LogP contribution in [-0.4, -0.2) is 46.2 Å². The molecule has 1 saturated carbocycles. The highest BCUT2D eigenvalue weighted by molar-refractivity contribution is 7.99. The molecule has 166 valence electrons. The Hall–Kier alpha value is -2.32. The van der Waals surface area contributed by atoms with Crippen LogP contribution in [0.4, 0.5) is 0 Å². The van der Waals surface area contributed by atoms with Crippen molar-refractivity contribution in [2.45, 2.75) is 62.8 Å². The molecule has 7 nitrogen and oxygen atoms in total. The van der Waals surface area contributed by atoms with Crippen molar-refractivity contribution < 1.29 is 9.53 Å². The van der Waals surface area contributed by atoms with Gasteiger partial charge in [-0.05, 0) is 18.9 Å². The predicted octanol–water partition coefficient (Wildman–Crippen LogP) is 2.88. The number of hydrogen-bond donors (Lipinski definition) is 2. The number of para-hydroxylation sites is 1. The summed E-state index contributed by atoms with van der Waals surface area (Å²) in [5, 5.41) is 3.64. The highest BCUT2D eigenvalue weighted by Crippen LogP contribution is 2.23. The molecule has 2 aliphatic rings. The first-order valence-corrected chi connectivity index (χ1v) is 12.0. The van der Waals surface area contributed by atoms with Crippen LogP contribution in [0.15, 0.2) is 34.2 Å². The van der Waals surface area contributed by atoms with Gasteiger partial charge in [-0.1, -0.05) is 49.2 Å². The summed E-state index contributed by atoms with van der Waals surface area (Å²) in [5.41, 5.74) is 2.56. The summed E-state index contributed by atoms with van der Waals surface area (Å²) < 4.78 is 5.45. The van der Waals surface area contributed by atoms with E-state index in [-0.39, 0.29) is 17.2 Å². The molecule has 0 spiro atoms. The maximum atomic E-state index is 12.7. The van der Waals surface area contributed by atoms with E-state index in [1.165, 1.54) is 31.0 Å². The molecule has 0 radical (unpaired) electrons. The van der Waals surface area contributed by atoms with E-state index in [1.807, 2.05) is 18.2 Å². The maximum absolute atomic E-state index is 12.7. The van der Waals surface area contributed by atoms with Crippen LogP contribution in [0.2, 0.25) is 0 Å².